The van der Waals surface area contributed by atoms with Gasteiger partial charge in [-0.25, -0.2) is 10.5 Å². The zero-order valence-electron chi connectivity index (χ0n) is 11.1. The lowest BCUT2D eigenvalue weighted by Gasteiger charge is -2.12. The van der Waals surface area contributed by atoms with Crippen LogP contribution in [-0.4, -0.2) is 27.5 Å². The summed E-state index contributed by atoms with van der Waals surface area (Å²) in [6, 6.07) is 2.27. The molecule has 0 radical (unpaired) electrons. The number of hydrogen-bond donors (Lipinski definition) is 1. The highest BCUT2D eigenvalue weighted by molar-refractivity contribution is 7.38. The predicted molar refractivity (Wildman–Crippen MR) is 78.4 cm³/mol. The number of benzene rings is 1. The van der Waals surface area contributed by atoms with Gasteiger partial charge >= 0.3 is 6.18 Å². The van der Waals surface area contributed by atoms with E-state index >= 15 is 0 Å². The lowest BCUT2D eigenvalue weighted by Crippen LogP contribution is -2.22. The van der Waals surface area contributed by atoms with Gasteiger partial charge in [0.05, 0.1) is 15.3 Å². The van der Waals surface area contributed by atoms with E-state index in [1.54, 1.807) is 6.66 Å². The Balaban J connectivity index is 2.83. The van der Waals surface area contributed by atoms with E-state index in [-0.39, 0.29) is 30.5 Å². The van der Waals surface area contributed by atoms with E-state index in [2.05, 4.69) is 5.10 Å². The van der Waals surface area contributed by atoms with Crippen LogP contribution in [0.3, 0.4) is 0 Å². The van der Waals surface area contributed by atoms with E-state index in [0.29, 0.717) is 4.68 Å². The Bertz CT molecular complexity index is 735. The number of non-ortho nitro benzene ring substituents is 1. The molecule has 12 heteroatoms. The zero-order valence-corrected chi connectivity index (χ0v) is 12.8. The highest BCUT2D eigenvalue weighted by Crippen LogP contribution is 2.39. The second-order valence-corrected chi connectivity index (χ2v) is 5.57. The van der Waals surface area contributed by atoms with Crippen molar-refractivity contribution < 1.29 is 18.1 Å². The maximum absolute atomic E-state index is 12.7. The maximum Gasteiger partial charge on any atom is 0.408 e. The largest absolute Gasteiger partial charge is 0.408 e. The third-order valence-corrected chi connectivity index (χ3v) is 3.81. The molecule has 22 heavy (non-hydrogen) atoms. The lowest BCUT2D eigenvalue weighted by molar-refractivity contribution is -0.383. The first-order chi connectivity index (χ1) is 10.2. The molecule has 1 unspecified atom stereocenters. The number of rotatable bonds is 4. The van der Waals surface area contributed by atoms with Crippen molar-refractivity contribution in [3.63, 3.8) is 0 Å². The standard InChI is InChI=1S/C10H10ClF3N5O2P/c1-22-18(15)9-7-5(11)2-3-6(19(20)21)8(7)17(16-9)4-10(12,13)14/h2-3,22H,4,15H2,1H3. The van der Waals surface area contributed by atoms with E-state index in [1.165, 1.54) is 6.07 Å². The normalized spacial score (nSPS) is 12.5. The van der Waals surface area contributed by atoms with Gasteiger partial charge in [-0.2, -0.15) is 18.3 Å². The van der Waals surface area contributed by atoms with Gasteiger partial charge in [-0.05, 0) is 21.5 Å². The average molecular weight is 356 g/mol. The molecule has 1 aromatic carbocycles. The summed E-state index contributed by atoms with van der Waals surface area (Å²) in [6.45, 7) is 0.200. The minimum Gasteiger partial charge on any atom is -0.275 e. The van der Waals surface area contributed by atoms with Crippen LogP contribution in [0.4, 0.5) is 24.7 Å². The second-order valence-electron chi connectivity index (χ2n) is 4.24. The first-order valence-corrected chi connectivity index (χ1v) is 7.60. The molecule has 7 nitrogen and oxygen atoms in total. The number of alkyl halides is 3. The van der Waals surface area contributed by atoms with Crippen LogP contribution in [0.25, 0.3) is 10.9 Å². The monoisotopic (exact) mass is 355 g/mol. The van der Waals surface area contributed by atoms with Crippen molar-refractivity contribution in [2.75, 3.05) is 11.4 Å². The van der Waals surface area contributed by atoms with Crippen LogP contribution in [0, 0.1) is 10.1 Å². The summed E-state index contributed by atoms with van der Waals surface area (Å²) in [4.78, 5) is 10.3. The number of hydrogen-bond acceptors (Lipinski definition) is 5. The molecule has 0 fully saturated rings. The number of nitrogens with two attached hydrogens (primary N) is 1. The summed E-state index contributed by atoms with van der Waals surface area (Å²) < 4.78 is 39.7. The molecule has 0 amide bonds. The molecule has 1 atom stereocenters. The fourth-order valence-electron chi connectivity index (χ4n) is 1.95. The van der Waals surface area contributed by atoms with E-state index < -0.39 is 23.3 Å². The van der Waals surface area contributed by atoms with Gasteiger partial charge in [-0.15, -0.1) is 0 Å². The highest BCUT2D eigenvalue weighted by Gasteiger charge is 2.33. The van der Waals surface area contributed by atoms with Crippen molar-refractivity contribution in [2.24, 2.45) is 5.84 Å². The van der Waals surface area contributed by atoms with Crippen LogP contribution < -0.4 is 10.6 Å². The average Bonchev–Trinajstić information content (AvgIpc) is 2.76. The number of anilines is 1. The van der Waals surface area contributed by atoms with Gasteiger partial charge in [0.2, 0.25) is 0 Å². The summed E-state index contributed by atoms with van der Waals surface area (Å²) in [7, 11) is -0.0131. The van der Waals surface area contributed by atoms with Crippen LogP contribution in [0.15, 0.2) is 12.1 Å². The molecule has 0 saturated carbocycles. The summed E-state index contributed by atoms with van der Waals surface area (Å²) in [5, 5.41) is 14.9. The van der Waals surface area contributed by atoms with Crippen LogP contribution in [-0.2, 0) is 6.54 Å². The molecular formula is C10H10ClF3N5O2P. The molecule has 2 rings (SSSR count). The molecule has 0 aliphatic heterocycles. The van der Waals surface area contributed by atoms with Gasteiger partial charge in [0.15, 0.2) is 5.82 Å². The van der Waals surface area contributed by atoms with Gasteiger partial charge in [-0.3, -0.25) is 14.9 Å². The molecule has 120 valence electrons. The maximum atomic E-state index is 12.7. The molecule has 0 saturated heterocycles. The Labute approximate surface area is 128 Å². The summed E-state index contributed by atoms with van der Waals surface area (Å²) in [5.41, 5.74) is -0.825. The summed E-state index contributed by atoms with van der Waals surface area (Å²) in [6.07, 6.45) is -4.60. The van der Waals surface area contributed by atoms with Crippen LogP contribution in [0.5, 0.6) is 0 Å². The van der Waals surface area contributed by atoms with Crippen molar-refractivity contribution in [3.05, 3.63) is 27.3 Å². The number of nitro groups is 1. The van der Waals surface area contributed by atoms with Crippen molar-refractivity contribution in [3.8, 4) is 0 Å². The molecule has 0 bridgehead atoms. The Hall–Kier alpha value is -1.64. The number of nitro benzene ring substituents is 1. The van der Waals surface area contributed by atoms with Gasteiger partial charge in [0.25, 0.3) is 5.69 Å². The topological polar surface area (TPSA) is 90.2 Å². The summed E-state index contributed by atoms with van der Waals surface area (Å²) >= 11 is 5.99. The van der Waals surface area contributed by atoms with Gasteiger partial charge in [0, 0.05) is 6.07 Å². The Morgan fingerprint density at radius 1 is 1.55 bits per heavy atom. The zero-order chi connectivity index (χ0) is 16.7. The van der Waals surface area contributed by atoms with Crippen LogP contribution in [0.2, 0.25) is 5.02 Å². The molecule has 1 heterocycles. The molecule has 2 aromatic rings. The van der Waals surface area contributed by atoms with Gasteiger partial charge < -0.3 is 0 Å². The van der Waals surface area contributed by atoms with Crippen molar-refractivity contribution >= 4 is 42.7 Å². The van der Waals surface area contributed by atoms with Crippen LogP contribution >= 0.6 is 20.3 Å². The SMILES string of the molecule is CPN(N)c1nn(CC(F)(F)F)c2c([N+](=O)[O-])ccc(Cl)c12. The number of aromatic nitrogens is 2. The first kappa shape index (κ1) is 16.7. The Kier molecular flexibility index (Phi) is 4.46. The molecule has 2 N–H and O–H groups in total. The van der Waals surface area contributed by atoms with Crippen molar-refractivity contribution in [1.29, 1.82) is 0 Å². The smallest absolute Gasteiger partial charge is 0.275 e. The third-order valence-electron chi connectivity index (χ3n) is 2.80. The number of fused-ring (bicyclic) bond motifs is 1. The van der Waals surface area contributed by atoms with E-state index in [0.717, 1.165) is 10.8 Å². The van der Waals surface area contributed by atoms with Gasteiger partial charge in [0.1, 0.15) is 12.1 Å². The number of halogens is 4. The minimum absolute atomic E-state index is 0.0131. The Morgan fingerprint density at radius 2 is 2.18 bits per heavy atom. The van der Waals surface area contributed by atoms with Crippen molar-refractivity contribution in [2.45, 2.75) is 12.7 Å². The van der Waals surface area contributed by atoms with E-state index in [9.17, 15) is 23.3 Å². The molecule has 0 aliphatic carbocycles. The molecule has 0 spiro atoms. The van der Waals surface area contributed by atoms with Gasteiger partial charge in [-0.1, -0.05) is 11.6 Å². The fraction of sp³-hybridized carbons (Fsp3) is 0.300. The second kappa shape index (κ2) is 5.86. The minimum atomic E-state index is -4.60. The van der Waals surface area contributed by atoms with Crippen molar-refractivity contribution in [1.82, 2.24) is 9.78 Å². The fourth-order valence-corrected chi connectivity index (χ4v) is 2.56. The quantitative estimate of drug-likeness (QED) is 0.394. The highest BCUT2D eigenvalue weighted by atomic mass is 35.5. The number of nitrogens with zero attached hydrogens (tertiary/aromatic N) is 4. The molecule has 1 aromatic heterocycles. The summed E-state index contributed by atoms with van der Waals surface area (Å²) in [5.74, 6) is 5.66. The van der Waals surface area contributed by atoms with E-state index in [1.807, 2.05) is 0 Å². The number of hydrazine groups is 1. The Morgan fingerprint density at radius 3 is 2.68 bits per heavy atom. The lowest BCUT2D eigenvalue weighted by atomic mass is 10.2. The predicted octanol–water partition coefficient (Wildman–Crippen LogP) is 3.06. The third kappa shape index (κ3) is 3.08. The first-order valence-electron chi connectivity index (χ1n) is 5.78. The molecular weight excluding hydrogens is 346 g/mol. The van der Waals surface area contributed by atoms with E-state index in [4.69, 9.17) is 17.4 Å². The van der Waals surface area contributed by atoms with Crippen LogP contribution in [0.1, 0.15) is 0 Å². The molecule has 0 aliphatic rings.